The molecular weight excluding hydrogens is 322 g/mol. The summed E-state index contributed by atoms with van der Waals surface area (Å²) in [4.78, 5) is 11.7. The molecule has 0 bridgehead atoms. The molecule has 0 amide bonds. The minimum atomic E-state index is -0.503. The lowest BCUT2D eigenvalue weighted by Crippen LogP contribution is -2.00. The van der Waals surface area contributed by atoms with E-state index >= 15 is 0 Å². The van der Waals surface area contributed by atoms with E-state index < -0.39 is 5.97 Å². The van der Waals surface area contributed by atoms with Gasteiger partial charge in [0.05, 0.1) is 19.2 Å². The summed E-state index contributed by atoms with van der Waals surface area (Å²) < 4.78 is 20.3. The second-order valence-electron chi connectivity index (χ2n) is 4.61. The van der Waals surface area contributed by atoms with Crippen molar-refractivity contribution in [3.05, 3.63) is 46.3 Å². The molecule has 1 aromatic carbocycles. The first-order valence-electron chi connectivity index (χ1n) is 6.72. The van der Waals surface area contributed by atoms with E-state index in [0.29, 0.717) is 33.5 Å². The van der Waals surface area contributed by atoms with Crippen molar-refractivity contribution in [1.29, 1.82) is 0 Å². The molecule has 2 aromatic rings. The van der Waals surface area contributed by atoms with Crippen LogP contribution in [-0.2, 0) is 16.1 Å². The van der Waals surface area contributed by atoms with Crippen molar-refractivity contribution in [2.75, 3.05) is 14.2 Å². The van der Waals surface area contributed by atoms with Gasteiger partial charge in [0.15, 0.2) is 11.5 Å². The van der Waals surface area contributed by atoms with Gasteiger partial charge in [-0.15, -0.1) is 0 Å². The molecule has 0 saturated carbocycles. The Morgan fingerprint density at radius 3 is 2.70 bits per heavy atom. The summed E-state index contributed by atoms with van der Waals surface area (Å²) in [6.45, 7) is 1.81. The van der Waals surface area contributed by atoms with Gasteiger partial charge in [-0.2, -0.15) is 0 Å². The Kier molecular flexibility index (Phi) is 5.65. The zero-order chi connectivity index (χ0) is 16.8. The molecule has 0 aliphatic carbocycles. The molecule has 1 aromatic heterocycles. The summed E-state index contributed by atoms with van der Waals surface area (Å²) >= 11 is 6.10. The third kappa shape index (κ3) is 4.50. The third-order valence-corrected chi connectivity index (χ3v) is 3.19. The first kappa shape index (κ1) is 16.9. The van der Waals surface area contributed by atoms with Crippen molar-refractivity contribution >= 4 is 23.6 Å². The van der Waals surface area contributed by atoms with Gasteiger partial charge in [-0.05, 0) is 30.7 Å². The lowest BCUT2D eigenvalue weighted by Gasteiger charge is -2.10. The maximum absolute atomic E-state index is 11.7. The highest BCUT2D eigenvalue weighted by molar-refractivity contribution is 6.32. The number of hydrogen-bond acceptors (Lipinski definition) is 6. The third-order valence-electron chi connectivity index (χ3n) is 2.91. The van der Waals surface area contributed by atoms with E-state index in [-0.39, 0.29) is 6.61 Å². The second-order valence-corrected chi connectivity index (χ2v) is 5.02. The Morgan fingerprint density at radius 2 is 2.09 bits per heavy atom. The van der Waals surface area contributed by atoms with Crippen LogP contribution in [0.15, 0.2) is 28.8 Å². The Balaban J connectivity index is 2.01. The number of ether oxygens (including phenoxy) is 3. The summed E-state index contributed by atoms with van der Waals surface area (Å²) in [5.74, 6) is 1.07. The van der Waals surface area contributed by atoms with E-state index in [2.05, 4.69) is 5.16 Å². The van der Waals surface area contributed by atoms with E-state index in [1.807, 2.05) is 0 Å². The number of benzene rings is 1. The second kappa shape index (κ2) is 7.69. The number of halogens is 1. The lowest BCUT2D eigenvalue weighted by atomic mass is 10.2. The van der Waals surface area contributed by atoms with E-state index in [1.54, 1.807) is 31.2 Å². The molecule has 0 aliphatic rings. The van der Waals surface area contributed by atoms with Crippen LogP contribution in [0.25, 0.3) is 6.08 Å². The van der Waals surface area contributed by atoms with Crippen molar-refractivity contribution in [2.24, 2.45) is 0 Å². The molecule has 0 spiro atoms. The SMILES string of the molecule is COc1cc(/C=C/C(=O)OCc2cc(C)on2)cc(Cl)c1OC. The smallest absolute Gasteiger partial charge is 0.331 e. The molecule has 0 saturated heterocycles. The van der Waals surface area contributed by atoms with Crippen molar-refractivity contribution in [3.8, 4) is 11.5 Å². The number of rotatable bonds is 6. The molecule has 6 nitrogen and oxygen atoms in total. The lowest BCUT2D eigenvalue weighted by molar-refractivity contribution is -0.139. The van der Waals surface area contributed by atoms with Crippen LogP contribution in [0.3, 0.4) is 0 Å². The van der Waals surface area contributed by atoms with Crippen LogP contribution < -0.4 is 9.47 Å². The highest BCUT2D eigenvalue weighted by Crippen LogP contribution is 2.36. The van der Waals surface area contributed by atoms with Crippen molar-refractivity contribution in [1.82, 2.24) is 5.16 Å². The molecular formula is C16H16ClNO5. The normalized spacial score (nSPS) is 10.8. The summed E-state index contributed by atoms with van der Waals surface area (Å²) in [6, 6.07) is 5.06. The van der Waals surface area contributed by atoms with E-state index in [9.17, 15) is 4.79 Å². The van der Waals surface area contributed by atoms with Gasteiger partial charge in [0.2, 0.25) is 0 Å². The van der Waals surface area contributed by atoms with Gasteiger partial charge in [0, 0.05) is 12.1 Å². The van der Waals surface area contributed by atoms with E-state index in [0.717, 1.165) is 0 Å². The zero-order valence-electron chi connectivity index (χ0n) is 13.0. The minimum Gasteiger partial charge on any atom is -0.493 e. The maximum atomic E-state index is 11.7. The highest BCUT2D eigenvalue weighted by Gasteiger charge is 2.10. The molecule has 0 atom stereocenters. The summed E-state index contributed by atoms with van der Waals surface area (Å²) in [7, 11) is 3.01. The van der Waals surface area contributed by atoms with Crippen LogP contribution in [0.2, 0.25) is 5.02 Å². The molecule has 1 heterocycles. The average molecular weight is 338 g/mol. The van der Waals surface area contributed by atoms with E-state index in [4.69, 9.17) is 30.3 Å². The standard InChI is InChI=1S/C16H16ClNO5/c1-10-6-12(18-23-10)9-22-15(19)5-4-11-7-13(17)16(21-3)14(8-11)20-2/h4-8H,9H2,1-3H3/b5-4+. The van der Waals surface area contributed by atoms with E-state index in [1.165, 1.54) is 20.3 Å². The molecule has 0 radical (unpaired) electrons. The van der Waals surface area contributed by atoms with Gasteiger partial charge in [0.25, 0.3) is 0 Å². The highest BCUT2D eigenvalue weighted by atomic mass is 35.5. The number of carbonyl (C=O) groups excluding carboxylic acids is 1. The van der Waals surface area contributed by atoms with Gasteiger partial charge in [-0.1, -0.05) is 16.8 Å². The van der Waals surface area contributed by atoms with Gasteiger partial charge in [0.1, 0.15) is 18.1 Å². The number of aryl methyl sites for hydroxylation is 1. The molecule has 23 heavy (non-hydrogen) atoms. The molecule has 0 N–H and O–H groups in total. The number of hydrogen-bond donors (Lipinski definition) is 0. The van der Waals surface area contributed by atoms with Crippen molar-refractivity contribution < 1.29 is 23.5 Å². The number of nitrogens with zero attached hydrogens (tertiary/aromatic N) is 1. The van der Waals surface area contributed by atoms with Gasteiger partial charge in [-0.3, -0.25) is 0 Å². The fourth-order valence-electron chi connectivity index (χ4n) is 1.88. The number of methoxy groups -OCH3 is 2. The van der Waals surface area contributed by atoms with Crippen molar-refractivity contribution in [2.45, 2.75) is 13.5 Å². The minimum absolute atomic E-state index is 0.0488. The predicted octanol–water partition coefficient (Wildman–Crippen LogP) is 3.41. The molecule has 0 unspecified atom stereocenters. The van der Waals surface area contributed by atoms with Gasteiger partial charge >= 0.3 is 5.97 Å². The first-order chi connectivity index (χ1) is 11.0. The Bertz CT molecular complexity index is 723. The maximum Gasteiger partial charge on any atom is 0.331 e. The molecule has 122 valence electrons. The number of aromatic nitrogens is 1. The van der Waals surface area contributed by atoms with Gasteiger partial charge in [-0.25, -0.2) is 4.79 Å². The molecule has 0 fully saturated rings. The average Bonchev–Trinajstić information content (AvgIpc) is 2.95. The van der Waals surface area contributed by atoms with Crippen LogP contribution in [0.1, 0.15) is 17.0 Å². The Labute approximate surface area is 138 Å². The van der Waals surface area contributed by atoms with Crippen LogP contribution in [0.5, 0.6) is 11.5 Å². The summed E-state index contributed by atoms with van der Waals surface area (Å²) in [5, 5.41) is 4.12. The van der Waals surface area contributed by atoms with Crippen LogP contribution in [-0.4, -0.2) is 25.3 Å². The monoisotopic (exact) mass is 337 g/mol. The molecule has 0 aliphatic heterocycles. The Hall–Kier alpha value is -2.47. The van der Waals surface area contributed by atoms with Gasteiger partial charge < -0.3 is 18.7 Å². The van der Waals surface area contributed by atoms with Crippen LogP contribution in [0.4, 0.5) is 0 Å². The quantitative estimate of drug-likeness (QED) is 0.594. The summed E-state index contributed by atoms with van der Waals surface area (Å²) in [5.41, 5.74) is 1.24. The number of esters is 1. The van der Waals surface area contributed by atoms with Crippen molar-refractivity contribution in [3.63, 3.8) is 0 Å². The zero-order valence-corrected chi connectivity index (χ0v) is 13.7. The fraction of sp³-hybridized carbons (Fsp3) is 0.250. The topological polar surface area (TPSA) is 70.8 Å². The molecule has 2 rings (SSSR count). The first-order valence-corrected chi connectivity index (χ1v) is 7.10. The van der Waals surface area contributed by atoms with Crippen LogP contribution >= 0.6 is 11.6 Å². The van der Waals surface area contributed by atoms with Crippen LogP contribution in [0, 0.1) is 6.92 Å². The fourth-order valence-corrected chi connectivity index (χ4v) is 2.17. The largest absolute Gasteiger partial charge is 0.493 e. The summed E-state index contributed by atoms with van der Waals surface area (Å²) in [6.07, 6.45) is 2.87. The Morgan fingerprint density at radius 1 is 1.30 bits per heavy atom. The molecule has 7 heteroatoms. The number of carbonyl (C=O) groups is 1. The predicted molar refractivity (Wildman–Crippen MR) is 84.6 cm³/mol.